The molecule has 198 valence electrons. The lowest BCUT2D eigenvalue weighted by atomic mass is 9.84. The van der Waals surface area contributed by atoms with Crippen molar-refractivity contribution >= 4 is 57.9 Å². The number of fused-ring (bicyclic) bond motifs is 1. The number of ether oxygens (including phenoxy) is 1. The van der Waals surface area contributed by atoms with Crippen molar-refractivity contribution < 1.29 is 33.4 Å². The van der Waals surface area contributed by atoms with Crippen molar-refractivity contribution in [3.63, 3.8) is 0 Å². The van der Waals surface area contributed by atoms with Gasteiger partial charge in [0.25, 0.3) is 5.91 Å². The topological polar surface area (TPSA) is 164 Å². The maximum Gasteiger partial charge on any atom is 0.337 e. The average Bonchev–Trinajstić information content (AvgIpc) is 3.28. The molecule has 5 rings (SSSR count). The van der Waals surface area contributed by atoms with Crippen LogP contribution in [0, 0.1) is 5.92 Å². The fraction of sp³-hybridized carbons (Fsp3) is 0.360. The highest BCUT2D eigenvalue weighted by Crippen LogP contribution is 2.34. The molecule has 3 aromatic heterocycles. The number of carboxylic acids is 1. The van der Waals surface area contributed by atoms with Crippen LogP contribution in [0.15, 0.2) is 35.0 Å². The predicted octanol–water partition coefficient (Wildman–Crippen LogP) is 3.18. The molecule has 1 saturated heterocycles. The Balaban J connectivity index is 1.36. The number of nitrogens with one attached hydrogen (secondary N) is 2. The van der Waals surface area contributed by atoms with Gasteiger partial charge in [-0.15, -0.1) is 0 Å². The summed E-state index contributed by atoms with van der Waals surface area (Å²) in [5.41, 5.74) is 0.0828. The third kappa shape index (κ3) is 5.31. The smallest absolute Gasteiger partial charge is 0.337 e. The van der Waals surface area contributed by atoms with Gasteiger partial charge in [-0.3, -0.25) is 14.4 Å². The van der Waals surface area contributed by atoms with Gasteiger partial charge in [-0.1, -0.05) is 11.6 Å². The fourth-order valence-electron chi connectivity index (χ4n) is 4.79. The number of carbonyl (C=O) groups excluding carboxylic acids is 3. The van der Waals surface area contributed by atoms with E-state index in [4.69, 9.17) is 20.8 Å². The largest absolute Gasteiger partial charge is 0.478 e. The Bertz CT molecular complexity index is 1400. The summed E-state index contributed by atoms with van der Waals surface area (Å²) in [6.45, 7) is 1.14. The second-order valence-electron chi connectivity index (χ2n) is 9.13. The number of carboxylic acid groups (broad SMARTS) is 1. The number of furan rings is 1. The number of carbonyl (C=O) groups is 4. The summed E-state index contributed by atoms with van der Waals surface area (Å²) in [6.07, 6.45) is 4.95. The number of hydrogen-bond donors (Lipinski definition) is 3. The zero-order chi connectivity index (χ0) is 26.8. The molecule has 2 fully saturated rings. The Morgan fingerprint density at radius 2 is 1.87 bits per heavy atom. The van der Waals surface area contributed by atoms with Crippen LogP contribution in [0.2, 0.25) is 5.02 Å². The molecule has 1 aliphatic carbocycles. The molecule has 2 aliphatic rings. The second-order valence-corrected chi connectivity index (χ2v) is 9.57. The first-order valence-corrected chi connectivity index (χ1v) is 12.4. The molecule has 38 heavy (non-hydrogen) atoms. The van der Waals surface area contributed by atoms with Crippen LogP contribution in [-0.4, -0.2) is 69.5 Å². The number of aromatic carboxylic acids is 1. The maximum absolute atomic E-state index is 13.3. The average molecular weight is 542 g/mol. The highest BCUT2D eigenvalue weighted by molar-refractivity contribution is 6.30. The number of hydrogen-bond acceptors (Lipinski definition) is 8. The van der Waals surface area contributed by atoms with Crippen LogP contribution in [0.25, 0.3) is 11.1 Å². The number of nitrogens with zero attached hydrogens (tertiary/aromatic N) is 3. The number of rotatable bonds is 6. The number of pyridine rings is 2. The van der Waals surface area contributed by atoms with Gasteiger partial charge in [0.2, 0.25) is 17.6 Å². The molecular weight excluding hydrogens is 518 g/mol. The Kier molecular flexibility index (Phi) is 7.25. The highest BCUT2D eigenvalue weighted by Gasteiger charge is 2.34. The van der Waals surface area contributed by atoms with E-state index in [1.807, 2.05) is 4.90 Å². The molecule has 1 aliphatic heterocycles. The standard InChI is InChI=1S/C25H24ClN5O7/c26-15-3-6-18(27-11-15)29-24(34)22-21(20-17(38-22)9-14(10-28-20)25(35)36)30-23(33)13-1-4-16(5-2-13)31-7-8-37-12-19(31)32/h3,6,9-11,13,16H,1-2,4-5,7-8,12H2,(H,30,33)(H,35,36)(H,27,29,34). The van der Waals surface area contributed by atoms with E-state index in [9.17, 15) is 24.3 Å². The molecule has 1 saturated carbocycles. The van der Waals surface area contributed by atoms with Gasteiger partial charge in [0.1, 0.15) is 23.6 Å². The van der Waals surface area contributed by atoms with E-state index in [2.05, 4.69) is 20.6 Å². The van der Waals surface area contributed by atoms with Crippen molar-refractivity contribution in [2.24, 2.45) is 5.92 Å². The minimum absolute atomic E-state index is 0.0314. The van der Waals surface area contributed by atoms with E-state index in [0.717, 1.165) is 6.20 Å². The second kappa shape index (κ2) is 10.8. The minimum Gasteiger partial charge on any atom is -0.478 e. The van der Waals surface area contributed by atoms with E-state index in [1.54, 1.807) is 6.07 Å². The molecule has 0 atom stereocenters. The molecule has 12 nitrogen and oxygen atoms in total. The number of anilines is 2. The van der Waals surface area contributed by atoms with Crippen LogP contribution < -0.4 is 10.6 Å². The van der Waals surface area contributed by atoms with Crippen molar-refractivity contribution in [1.82, 2.24) is 14.9 Å². The van der Waals surface area contributed by atoms with Crippen LogP contribution >= 0.6 is 11.6 Å². The summed E-state index contributed by atoms with van der Waals surface area (Å²) < 4.78 is 10.9. The SMILES string of the molecule is O=C(O)c1cnc2c(NC(=O)C3CCC(N4CCOCC4=O)CC3)c(C(=O)Nc3ccc(Cl)cn3)oc2c1. The summed E-state index contributed by atoms with van der Waals surface area (Å²) in [5, 5.41) is 15.1. The Hall–Kier alpha value is -4.03. The van der Waals surface area contributed by atoms with Gasteiger partial charge in [0, 0.05) is 30.9 Å². The number of amides is 3. The molecule has 0 spiro atoms. The van der Waals surface area contributed by atoms with Gasteiger partial charge in [-0.25, -0.2) is 14.8 Å². The first-order chi connectivity index (χ1) is 18.3. The molecular formula is C25H24ClN5O7. The van der Waals surface area contributed by atoms with Crippen LogP contribution in [0.5, 0.6) is 0 Å². The van der Waals surface area contributed by atoms with Crippen molar-refractivity contribution in [1.29, 1.82) is 0 Å². The van der Waals surface area contributed by atoms with Crippen LogP contribution in [0.3, 0.4) is 0 Å². The van der Waals surface area contributed by atoms with Gasteiger partial charge in [-0.05, 0) is 43.9 Å². The number of halogens is 1. The first-order valence-electron chi connectivity index (χ1n) is 12.1. The van der Waals surface area contributed by atoms with E-state index < -0.39 is 11.9 Å². The van der Waals surface area contributed by atoms with Gasteiger partial charge in [0.05, 0.1) is 17.2 Å². The maximum atomic E-state index is 13.3. The van der Waals surface area contributed by atoms with Gasteiger partial charge in [-0.2, -0.15) is 0 Å². The van der Waals surface area contributed by atoms with Crippen molar-refractivity contribution in [3.8, 4) is 0 Å². The summed E-state index contributed by atoms with van der Waals surface area (Å²) in [4.78, 5) is 59.9. The van der Waals surface area contributed by atoms with E-state index >= 15 is 0 Å². The van der Waals surface area contributed by atoms with Crippen molar-refractivity contribution in [3.05, 3.63) is 46.9 Å². The summed E-state index contributed by atoms with van der Waals surface area (Å²) in [5.74, 6) is -2.67. The molecule has 13 heteroatoms. The molecule has 3 N–H and O–H groups in total. The molecule has 0 bridgehead atoms. The molecule has 0 unspecified atom stereocenters. The zero-order valence-electron chi connectivity index (χ0n) is 20.1. The molecule has 3 amide bonds. The lowest BCUT2D eigenvalue weighted by molar-refractivity contribution is -0.146. The molecule has 0 aromatic carbocycles. The molecule has 4 heterocycles. The monoisotopic (exact) mass is 541 g/mol. The third-order valence-corrected chi connectivity index (χ3v) is 6.95. The van der Waals surface area contributed by atoms with E-state index in [-0.39, 0.29) is 64.3 Å². The van der Waals surface area contributed by atoms with E-state index in [0.29, 0.717) is 43.9 Å². The van der Waals surface area contributed by atoms with Crippen LogP contribution in [0.1, 0.15) is 46.6 Å². The molecule has 0 radical (unpaired) electrons. The lowest BCUT2D eigenvalue weighted by Crippen LogP contribution is -2.49. The highest BCUT2D eigenvalue weighted by atomic mass is 35.5. The summed E-state index contributed by atoms with van der Waals surface area (Å²) in [6, 6.07) is 4.35. The van der Waals surface area contributed by atoms with Crippen molar-refractivity contribution in [2.45, 2.75) is 31.7 Å². The quantitative estimate of drug-likeness (QED) is 0.425. The van der Waals surface area contributed by atoms with Gasteiger partial charge < -0.3 is 29.8 Å². The predicted molar refractivity (Wildman–Crippen MR) is 135 cm³/mol. The van der Waals surface area contributed by atoms with Crippen LogP contribution in [0.4, 0.5) is 11.5 Å². The minimum atomic E-state index is -1.21. The number of aromatic nitrogens is 2. The summed E-state index contributed by atoms with van der Waals surface area (Å²) in [7, 11) is 0. The van der Waals surface area contributed by atoms with Gasteiger partial charge in [0.15, 0.2) is 5.58 Å². The van der Waals surface area contributed by atoms with Crippen LogP contribution in [-0.2, 0) is 14.3 Å². The molecule has 3 aromatic rings. The Labute approximate surface area is 221 Å². The first kappa shape index (κ1) is 25.6. The van der Waals surface area contributed by atoms with Gasteiger partial charge >= 0.3 is 5.97 Å². The third-order valence-electron chi connectivity index (χ3n) is 6.73. The normalized spacial score (nSPS) is 19.8. The van der Waals surface area contributed by atoms with E-state index in [1.165, 1.54) is 18.3 Å². The zero-order valence-corrected chi connectivity index (χ0v) is 20.9. The van der Waals surface area contributed by atoms with Crippen molar-refractivity contribution in [2.75, 3.05) is 30.4 Å². The Morgan fingerprint density at radius 3 is 2.55 bits per heavy atom. The fourth-order valence-corrected chi connectivity index (χ4v) is 4.90. The summed E-state index contributed by atoms with van der Waals surface area (Å²) >= 11 is 5.85. The Morgan fingerprint density at radius 1 is 1.08 bits per heavy atom. The lowest BCUT2D eigenvalue weighted by Gasteiger charge is -2.38. The number of morpholine rings is 1.